The maximum atomic E-state index is 13.6. The first kappa shape index (κ1) is 21.0. The lowest BCUT2D eigenvalue weighted by Gasteiger charge is -2.24. The minimum absolute atomic E-state index is 0.140. The van der Waals surface area contributed by atoms with Crippen LogP contribution in [0.5, 0.6) is 5.75 Å². The monoisotopic (exact) mass is 414 g/mol. The second-order valence-electron chi connectivity index (χ2n) is 6.96. The Labute approximate surface area is 171 Å². The number of aliphatic hydroxyl groups excluding tert-OH is 1. The van der Waals surface area contributed by atoms with Crippen molar-refractivity contribution >= 4 is 23.1 Å². The number of phenolic OH excluding ortho intramolecular Hbond substituents is 1. The van der Waals surface area contributed by atoms with E-state index in [-0.39, 0.29) is 28.8 Å². The average Bonchev–Trinajstić information content (AvgIpc) is 2.95. The Balaban J connectivity index is 2.25. The van der Waals surface area contributed by atoms with Crippen LogP contribution in [0.15, 0.2) is 42.0 Å². The van der Waals surface area contributed by atoms with Crippen molar-refractivity contribution in [1.82, 2.24) is 4.90 Å². The van der Waals surface area contributed by atoms with Crippen molar-refractivity contribution in [1.29, 1.82) is 0 Å². The summed E-state index contributed by atoms with van der Waals surface area (Å²) >= 11 is 0. The van der Waals surface area contributed by atoms with Gasteiger partial charge in [-0.2, -0.15) is 0 Å². The van der Waals surface area contributed by atoms with E-state index in [2.05, 4.69) is 0 Å². The highest BCUT2D eigenvalue weighted by Gasteiger charge is 2.46. The van der Waals surface area contributed by atoms with Gasteiger partial charge in [0.05, 0.1) is 16.5 Å². The summed E-state index contributed by atoms with van der Waals surface area (Å²) in [5.74, 6) is -3.36. The Morgan fingerprint density at radius 2 is 1.93 bits per heavy atom. The Morgan fingerprint density at radius 3 is 2.53 bits per heavy atom. The largest absolute Gasteiger partial charge is 0.507 e. The average molecular weight is 414 g/mol. The molecular weight excluding hydrogens is 395 g/mol. The van der Waals surface area contributed by atoms with Crippen molar-refractivity contribution in [3.8, 4) is 5.75 Å². The quantitative estimate of drug-likeness (QED) is 0.254. The number of amides is 1. The van der Waals surface area contributed by atoms with Gasteiger partial charge in [-0.05, 0) is 48.7 Å². The highest BCUT2D eigenvalue weighted by atomic mass is 19.1. The summed E-state index contributed by atoms with van der Waals surface area (Å²) in [6.07, 6.45) is 0.499. The number of aryl methyl sites for hydroxylation is 1. The van der Waals surface area contributed by atoms with Gasteiger partial charge in [0.25, 0.3) is 11.7 Å². The van der Waals surface area contributed by atoms with Gasteiger partial charge < -0.3 is 15.1 Å². The fraction of sp³-hybridized carbons (Fsp3) is 0.238. The number of halogens is 1. The molecule has 1 aliphatic heterocycles. The molecule has 1 aliphatic rings. The number of nitro groups is 1. The number of likely N-dealkylation sites (tertiary alicyclic amines) is 1. The number of carbonyl (C=O) groups is 2. The number of benzene rings is 2. The van der Waals surface area contributed by atoms with Gasteiger partial charge in [-0.1, -0.05) is 13.0 Å². The molecule has 0 aliphatic carbocycles. The van der Waals surface area contributed by atoms with E-state index >= 15 is 0 Å². The normalized spacial score (nSPS) is 18.1. The van der Waals surface area contributed by atoms with Crippen LogP contribution in [0, 0.1) is 22.9 Å². The molecule has 1 unspecified atom stereocenters. The molecule has 156 valence electrons. The molecule has 0 aromatic heterocycles. The van der Waals surface area contributed by atoms with Crippen molar-refractivity contribution < 1.29 is 29.1 Å². The van der Waals surface area contributed by atoms with Crippen LogP contribution < -0.4 is 0 Å². The smallest absolute Gasteiger partial charge is 0.311 e. The highest BCUT2D eigenvalue weighted by molar-refractivity contribution is 6.46. The van der Waals surface area contributed by atoms with Gasteiger partial charge in [0.15, 0.2) is 5.75 Å². The fourth-order valence-electron chi connectivity index (χ4n) is 3.50. The molecule has 0 bridgehead atoms. The van der Waals surface area contributed by atoms with Gasteiger partial charge in [0.1, 0.15) is 11.6 Å². The predicted molar refractivity (Wildman–Crippen MR) is 105 cm³/mol. The minimum Gasteiger partial charge on any atom is -0.507 e. The van der Waals surface area contributed by atoms with E-state index in [1.165, 1.54) is 30.0 Å². The molecule has 8 nitrogen and oxygen atoms in total. The summed E-state index contributed by atoms with van der Waals surface area (Å²) < 4.78 is 13.6. The molecule has 0 spiro atoms. The van der Waals surface area contributed by atoms with Crippen LogP contribution in [0.2, 0.25) is 0 Å². The Bertz CT molecular complexity index is 1090. The van der Waals surface area contributed by atoms with Gasteiger partial charge in [-0.15, -0.1) is 0 Å². The maximum absolute atomic E-state index is 13.6. The summed E-state index contributed by atoms with van der Waals surface area (Å²) in [6.45, 7) is 3.45. The molecule has 9 heteroatoms. The molecule has 0 saturated carbocycles. The molecule has 3 rings (SSSR count). The van der Waals surface area contributed by atoms with Crippen LogP contribution in [0.25, 0.3) is 5.76 Å². The second kappa shape index (κ2) is 7.94. The zero-order chi connectivity index (χ0) is 22.2. The van der Waals surface area contributed by atoms with Crippen LogP contribution in [0.3, 0.4) is 0 Å². The van der Waals surface area contributed by atoms with E-state index in [4.69, 9.17) is 0 Å². The van der Waals surface area contributed by atoms with Gasteiger partial charge in [0.2, 0.25) is 0 Å². The predicted octanol–water partition coefficient (Wildman–Crippen LogP) is 3.58. The molecular formula is C21H19FN2O6. The first-order chi connectivity index (χ1) is 14.2. The third kappa shape index (κ3) is 3.49. The number of ketones is 1. The van der Waals surface area contributed by atoms with Crippen molar-refractivity contribution in [3.05, 3.63) is 74.6 Å². The Kier molecular flexibility index (Phi) is 5.55. The van der Waals surface area contributed by atoms with E-state index in [0.717, 1.165) is 18.2 Å². The van der Waals surface area contributed by atoms with E-state index in [1.807, 2.05) is 0 Å². The number of rotatable bonds is 5. The first-order valence-electron chi connectivity index (χ1n) is 9.19. The molecule has 1 amide bonds. The third-order valence-corrected chi connectivity index (χ3v) is 4.95. The molecule has 1 fully saturated rings. The number of Topliss-reactive ketones (excluding diaryl/α,β-unsaturated/α-hetero) is 1. The Morgan fingerprint density at radius 1 is 1.23 bits per heavy atom. The van der Waals surface area contributed by atoms with Gasteiger partial charge in [-0.3, -0.25) is 19.7 Å². The summed E-state index contributed by atoms with van der Waals surface area (Å²) in [5, 5.41) is 31.8. The molecule has 2 aromatic carbocycles. The van der Waals surface area contributed by atoms with Crippen molar-refractivity contribution in [3.63, 3.8) is 0 Å². The highest BCUT2D eigenvalue weighted by Crippen LogP contribution is 2.41. The van der Waals surface area contributed by atoms with E-state index < -0.39 is 45.7 Å². The number of nitro benzene ring substituents is 1. The number of phenols is 1. The Hall–Kier alpha value is -3.75. The number of aliphatic hydroxyl groups is 1. The van der Waals surface area contributed by atoms with Gasteiger partial charge in [-0.25, -0.2) is 4.39 Å². The zero-order valence-corrected chi connectivity index (χ0v) is 16.3. The molecule has 30 heavy (non-hydrogen) atoms. The lowest BCUT2D eigenvalue weighted by Crippen LogP contribution is -2.30. The van der Waals surface area contributed by atoms with Crippen LogP contribution in [-0.2, 0) is 9.59 Å². The number of hydrogen-bond acceptors (Lipinski definition) is 6. The zero-order valence-electron chi connectivity index (χ0n) is 16.3. The van der Waals surface area contributed by atoms with Crippen molar-refractivity contribution in [2.24, 2.45) is 0 Å². The number of nitrogens with zero attached hydrogens (tertiary/aromatic N) is 2. The molecule has 1 heterocycles. The van der Waals surface area contributed by atoms with E-state index in [9.17, 15) is 34.3 Å². The topological polar surface area (TPSA) is 121 Å². The third-order valence-electron chi connectivity index (χ3n) is 4.95. The molecule has 1 saturated heterocycles. The molecule has 2 N–H and O–H groups in total. The number of hydrogen-bond donors (Lipinski definition) is 2. The van der Waals surface area contributed by atoms with Crippen molar-refractivity contribution in [2.45, 2.75) is 26.3 Å². The van der Waals surface area contributed by atoms with Gasteiger partial charge in [0, 0.05) is 18.2 Å². The minimum atomic E-state index is -1.09. The SMILES string of the molecule is CCCN1C(=O)C(=O)/C(=C(\O)c2ccc(F)c(C)c2)C1c1ccc(O)c([N+](=O)[O-])c1. The van der Waals surface area contributed by atoms with Crippen LogP contribution in [0.4, 0.5) is 10.1 Å². The number of aromatic hydroxyl groups is 1. The summed E-state index contributed by atoms with van der Waals surface area (Å²) in [5.41, 5.74) is -0.278. The van der Waals surface area contributed by atoms with Crippen molar-refractivity contribution in [2.75, 3.05) is 6.54 Å². The lowest BCUT2D eigenvalue weighted by molar-refractivity contribution is -0.385. The van der Waals surface area contributed by atoms with Crippen LogP contribution >= 0.6 is 0 Å². The summed E-state index contributed by atoms with van der Waals surface area (Å²) in [6, 6.07) is 6.18. The second-order valence-corrected chi connectivity index (χ2v) is 6.96. The van der Waals surface area contributed by atoms with E-state index in [0.29, 0.717) is 6.42 Å². The molecule has 2 aromatic rings. The first-order valence-corrected chi connectivity index (χ1v) is 9.19. The lowest BCUT2D eigenvalue weighted by atomic mass is 9.94. The molecule has 0 radical (unpaired) electrons. The van der Waals surface area contributed by atoms with E-state index in [1.54, 1.807) is 6.92 Å². The number of carbonyl (C=O) groups excluding carboxylic acids is 2. The van der Waals surface area contributed by atoms with Crippen LogP contribution in [0.1, 0.15) is 36.1 Å². The summed E-state index contributed by atoms with van der Waals surface area (Å²) in [4.78, 5) is 37.1. The van der Waals surface area contributed by atoms with Gasteiger partial charge >= 0.3 is 5.69 Å². The summed E-state index contributed by atoms with van der Waals surface area (Å²) in [7, 11) is 0. The standard InChI is InChI=1S/C21H19FN2O6/c1-3-8-23-18(12-5-7-16(25)15(10-12)24(29)30)17(20(27)21(23)28)19(26)13-4-6-14(22)11(2)9-13/h4-7,9-10,18,25-26H,3,8H2,1-2H3/b19-17-. The fourth-order valence-corrected chi connectivity index (χ4v) is 3.50. The maximum Gasteiger partial charge on any atom is 0.311 e. The molecule has 1 atom stereocenters. The van der Waals surface area contributed by atoms with Crippen LogP contribution in [-0.4, -0.2) is 38.3 Å².